The van der Waals surface area contributed by atoms with Crippen LogP contribution in [-0.4, -0.2) is 23.9 Å². The zero-order valence-electron chi connectivity index (χ0n) is 14.1. The highest BCUT2D eigenvalue weighted by atomic mass is 19.4. The van der Waals surface area contributed by atoms with Crippen LogP contribution in [0.2, 0.25) is 0 Å². The van der Waals surface area contributed by atoms with E-state index in [0.29, 0.717) is 5.56 Å². The van der Waals surface area contributed by atoms with Gasteiger partial charge in [-0.15, -0.1) is 0 Å². The topological polar surface area (TPSA) is 41.1 Å². The molecule has 9 heteroatoms. The molecule has 146 valence electrons. The molecule has 0 unspecified atom stereocenters. The third-order valence-electron chi connectivity index (χ3n) is 3.87. The number of carbonyl (C=O) groups is 1. The van der Waals surface area contributed by atoms with Crippen molar-refractivity contribution in [3.05, 3.63) is 71.3 Å². The number of rotatable bonds is 5. The summed E-state index contributed by atoms with van der Waals surface area (Å²) >= 11 is 0. The van der Waals surface area contributed by atoms with Crippen molar-refractivity contribution < 1.29 is 31.1 Å². The Morgan fingerprint density at radius 2 is 1.37 bits per heavy atom. The first kappa shape index (κ1) is 20.8. The van der Waals surface area contributed by atoms with Crippen LogP contribution in [0.3, 0.4) is 0 Å². The van der Waals surface area contributed by atoms with Crippen LogP contribution in [0.25, 0.3) is 0 Å². The minimum atomic E-state index is -5.83. The Balaban J connectivity index is 2.38. The summed E-state index contributed by atoms with van der Waals surface area (Å²) in [6, 6.07) is 12.4. The molecule has 2 N–H and O–H groups in total. The number of nitrogens with one attached hydrogen (secondary N) is 2. The summed E-state index contributed by atoms with van der Waals surface area (Å²) < 4.78 is 81.1. The molecule has 27 heavy (non-hydrogen) atoms. The van der Waals surface area contributed by atoms with Gasteiger partial charge in [0.25, 0.3) is 11.6 Å². The van der Waals surface area contributed by atoms with Crippen molar-refractivity contribution in [1.82, 2.24) is 10.6 Å². The van der Waals surface area contributed by atoms with Gasteiger partial charge in [-0.2, -0.15) is 26.3 Å². The summed E-state index contributed by atoms with van der Waals surface area (Å²) in [5, 5.41) is 2.58. The van der Waals surface area contributed by atoms with Gasteiger partial charge in [-0.05, 0) is 24.6 Å². The average Bonchev–Trinajstić information content (AvgIpc) is 2.57. The Kier molecular flexibility index (Phi) is 5.84. The molecule has 1 amide bonds. The first-order valence-corrected chi connectivity index (χ1v) is 7.78. The van der Waals surface area contributed by atoms with Gasteiger partial charge in [-0.25, -0.2) is 0 Å². The van der Waals surface area contributed by atoms with Crippen LogP contribution < -0.4 is 10.6 Å². The molecule has 0 fully saturated rings. The van der Waals surface area contributed by atoms with E-state index in [2.05, 4.69) is 0 Å². The fourth-order valence-electron chi connectivity index (χ4n) is 2.32. The molecular weight excluding hydrogens is 374 g/mol. The van der Waals surface area contributed by atoms with Crippen LogP contribution in [0, 0.1) is 6.92 Å². The Morgan fingerprint density at radius 3 is 1.85 bits per heavy atom. The monoisotopic (exact) mass is 390 g/mol. The number of alkyl halides is 6. The van der Waals surface area contributed by atoms with Gasteiger partial charge in [0, 0.05) is 12.1 Å². The standard InChI is InChI=1S/C18H16F6N2O/c1-12-7-9-14(10-8-12)15(27)26-16(17(19,20)21,18(22,23)24)25-11-13-5-3-2-4-6-13/h2-10,25H,11H2,1H3,(H,26,27). The van der Waals surface area contributed by atoms with Crippen molar-refractivity contribution in [2.75, 3.05) is 0 Å². The quantitative estimate of drug-likeness (QED) is 0.589. The molecule has 0 spiro atoms. The fourth-order valence-corrected chi connectivity index (χ4v) is 2.32. The number of hydrogen-bond donors (Lipinski definition) is 2. The van der Waals surface area contributed by atoms with Crippen molar-refractivity contribution in [3.63, 3.8) is 0 Å². The second-order valence-electron chi connectivity index (χ2n) is 5.90. The van der Waals surface area contributed by atoms with E-state index in [9.17, 15) is 31.1 Å². The van der Waals surface area contributed by atoms with Crippen LogP contribution in [0.1, 0.15) is 21.5 Å². The van der Waals surface area contributed by atoms with Crippen molar-refractivity contribution >= 4 is 5.91 Å². The lowest BCUT2D eigenvalue weighted by Gasteiger charge is -2.38. The number of aryl methyl sites for hydroxylation is 1. The van der Waals surface area contributed by atoms with E-state index in [1.54, 1.807) is 13.0 Å². The lowest BCUT2D eigenvalue weighted by atomic mass is 10.1. The maximum atomic E-state index is 13.5. The normalized spacial score (nSPS) is 12.7. The molecule has 3 nitrogen and oxygen atoms in total. The highest BCUT2D eigenvalue weighted by Crippen LogP contribution is 2.41. The predicted octanol–water partition coefficient (Wildman–Crippen LogP) is 4.34. The van der Waals surface area contributed by atoms with Crippen molar-refractivity contribution in [3.8, 4) is 0 Å². The molecule has 0 aromatic heterocycles. The maximum Gasteiger partial charge on any atom is 0.434 e. The van der Waals surface area contributed by atoms with Crippen LogP contribution in [0.15, 0.2) is 54.6 Å². The number of halogens is 6. The Labute approximate surface area is 151 Å². The molecular formula is C18H16F6N2O. The van der Waals surface area contributed by atoms with E-state index in [1.807, 2.05) is 0 Å². The minimum absolute atomic E-state index is 0.194. The first-order valence-electron chi connectivity index (χ1n) is 7.78. The summed E-state index contributed by atoms with van der Waals surface area (Å²) in [5.41, 5.74) is -4.02. The van der Waals surface area contributed by atoms with Gasteiger partial charge >= 0.3 is 12.4 Å². The van der Waals surface area contributed by atoms with Crippen molar-refractivity contribution in [2.45, 2.75) is 31.5 Å². The van der Waals surface area contributed by atoms with Crippen molar-refractivity contribution in [2.24, 2.45) is 0 Å². The van der Waals surface area contributed by atoms with Gasteiger partial charge in [0.15, 0.2) is 0 Å². The zero-order chi connectivity index (χ0) is 20.3. The number of hydrogen-bond acceptors (Lipinski definition) is 2. The van der Waals surface area contributed by atoms with Crippen LogP contribution in [0.4, 0.5) is 26.3 Å². The molecule has 0 aliphatic heterocycles. The molecule has 0 atom stereocenters. The lowest BCUT2D eigenvalue weighted by molar-refractivity contribution is -0.314. The number of amides is 1. The van der Waals surface area contributed by atoms with Gasteiger partial charge in [0.1, 0.15) is 0 Å². The highest BCUT2D eigenvalue weighted by molar-refractivity contribution is 5.94. The summed E-state index contributed by atoms with van der Waals surface area (Å²) in [4.78, 5) is 12.1. The minimum Gasteiger partial charge on any atom is -0.319 e. The number of benzene rings is 2. The molecule has 0 aliphatic rings. The van der Waals surface area contributed by atoms with Gasteiger partial charge in [0.2, 0.25) is 0 Å². The first-order chi connectivity index (χ1) is 12.5. The highest BCUT2D eigenvalue weighted by Gasteiger charge is 2.72. The molecule has 2 aromatic rings. The molecule has 0 heterocycles. The van der Waals surface area contributed by atoms with E-state index in [0.717, 1.165) is 17.4 Å². The second-order valence-corrected chi connectivity index (χ2v) is 5.90. The van der Waals surface area contributed by atoms with Crippen molar-refractivity contribution in [1.29, 1.82) is 0 Å². The fraction of sp³-hybridized carbons (Fsp3) is 0.278. The largest absolute Gasteiger partial charge is 0.434 e. The van der Waals surface area contributed by atoms with E-state index >= 15 is 0 Å². The number of carbonyl (C=O) groups excluding carboxylic acids is 1. The predicted molar refractivity (Wildman–Crippen MR) is 86.8 cm³/mol. The molecule has 0 saturated carbocycles. The summed E-state index contributed by atoms with van der Waals surface area (Å²) in [7, 11) is 0. The van der Waals surface area contributed by atoms with E-state index in [4.69, 9.17) is 0 Å². The second kappa shape index (κ2) is 7.59. The van der Waals surface area contributed by atoms with Gasteiger partial charge < -0.3 is 5.32 Å². The molecule has 0 aliphatic carbocycles. The molecule has 2 aromatic carbocycles. The van der Waals surface area contributed by atoms with E-state index in [-0.39, 0.29) is 11.1 Å². The Hall–Kier alpha value is -2.55. The maximum absolute atomic E-state index is 13.5. The van der Waals surface area contributed by atoms with E-state index < -0.39 is 30.5 Å². The summed E-state index contributed by atoms with van der Waals surface area (Å²) in [5.74, 6) is -1.50. The average molecular weight is 390 g/mol. The van der Waals surface area contributed by atoms with Crippen LogP contribution in [-0.2, 0) is 6.54 Å². The molecule has 2 rings (SSSR count). The third-order valence-corrected chi connectivity index (χ3v) is 3.87. The van der Waals surface area contributed by atoms with E-state index in [1.165, 1.54) is 41.7 Å². The SMILES string of the molecule is Cc1ccc(C(=O)NC(NCc2ccccc2)(C(F)(F)F)C(F)(F)F)cc1. The zero-order valence-corrected chi connectivity index (χ0v) is 14.1. The lowest BCUT2D eigenvalue weighted by Crippen LogP contribution is -2.75. The third kappa shape index (κ3) is 4.60. The molecule has 0 radical (unpaired) electrons. The van der Waals surface area contributed by atoms with Gasteiger partial charge in [0.05, 0.1) is 0 Å². The van der Waals surface area contributed by atoms with Crippen LogP contribution in [0.5, 0.6) is 0 Å². The van der Waals surface area contributed by atoms with Gasteiger partial charge in [-0.3, -0.25) is 10.1 Å². The Morgan fingerprint density at radius 1 is 0.852 bits per heavy atom. The van der Waals surface area contributed by atoms with Gasteiger partial charge in [-0.1, -0.05) is 48.0 Å². The smallest absolute Gasteiger partial charge is 0.319 e. The summed E-state index contributed by atoms with van der Waals surface area (Å²) in [6.07, 6.45) is -11.7. The molecule has 0 bridgehead atoms. The molecule has 0 saturated heterocycles. The Bertz CT molecular complexity index is 755. The summed E-state index contributed by atoms with van der Waals surface area (Å²) in [6.45, 7) is 0.910. The van der Waals surface area contributed by atoms with Crippen LogP contribution >= 0.6 is 0 Å².